The van der Waals surface area contributed by atoms with Crippen LogP contribution in [-0.2, 0) is 6.61 Å². The molecule has 0 bridgehead atoms. The number of halogens is 1. The lowest BCUT2D eigenvalue weighted by Gasteiger charge is -2.12. The van der Waals surface area contributed by atoms with Gasteiger partial charge in [0.25, 0.3) is 0 Å². The molecule has 0 aliphatic heterocycles. The van der Waals surface area contributed by atoms with Gasteiger partial charge in [0.05, 0.1) is 13.2 Å². The molecule has 35 heavy (non-hydrogen) atoms. The lowest BCUT2D eigenvalue weighted by Crippen LogP contribution is -2.08. The second-order valence-corrected chi connectivity index (χ2v) is 9.37. The molecule has 8 heteroatoms. The fourth-order valence-electron chi connectivity index (χ4n) is 3.43. The van der Waals surface area contributed by atoms with E-state index in [-0.39, 0.29) is 6.61 Å². The van der Waals surface area contributed by atoms with Crippen LogP contribution in [0.15, 0.2) is 71.9 Å². The quantitative estimate of drug-likeness (QED) is 0.166. The van der Waals surface area contributed by atoms with Crippen LogP contribution in [0.1, 0.15) is 23.9 Å². The summed E-state index contributed by atoms with van der Waals surface area (Å²) in [6.07, 6.45) is 0. The monoisotopic (exact) mass is 509 g/mol. The molecule has 0 saturated heterocycles. The van der Waals surface area contributed by atoms with Crippen LogP contribution in [0.2, 0.25) is 5.02 Å². The predicted molar refractivity (Wildman–Crippen MR) is 140 cm³/mol. The molecule has 0 N–H and O–H groups in total. The van der Waals surface area contributed by atoms with Gasteiger partial charge in [-0.25, -0.2) is 0 Å². The highest BCUT2D eigenvalue weighted by Crippen LogP contribution is 2.26. The zero-order chi connectivity index (χ0) is 24.6. The second kappa shape index (κ2) is 12.0. The smallest absolute Gasteiger partial charge is 0.196 e. The minimum atomic E-state index is 0.267. The topological polar surface area (TPSA) is 58.4 Å². The summed E-state index contributed by atoms with van der Waals surface area (Å²) in [4.78, 5) is 0. The number of ether oxygens (including phenoxy) is 3. The van der Waals surface area contributed by atoms with E-state index >= 15 is 0 Å². The first-order chi connectivity index (χ1) is 17.0. The van der Waals surface area contributed by atoms with Gasteiger partial charge in [-0.1, -0.05) is 35.5 Å². The molecule has 3 aromatic carbocycles. The van der Waals surface area contributed by atoms with Crippen molar-refractivity contribution < 1.29 is 14.2 Å². The van der Waals surface area contributed by atoms with Gasteiger partial charge in [0.2, 0.25) is 0 Å². The van der Waals surface area contributed by atoms with Crippen molar-refractivity contribution >= 4 is 23.4 Å². The number of aromatic nitrogens is 3. The Bertz CT molecular complexity index is 1240. The fourth-order valence-corrected chi connectivity index (χ4v) is 4.34. The summed E-state index contributed by atoms with van der Waals surface area (Å²) in [5, 5.41) is 10.3. The number of hydrogen-bond donors (Lipinski definition) is 0. The average Bonchev–Trinajstić information content (AvgIpc) is 3.27. The van der Waals surface area contributed by atoms with E-state index in [4.69, 9.17) is 25.8 Å². The summed E-state index contributed by atoms with van der Waals surface area (Å²) in [5.74, 6) is 3.87. The molecule has 0 fully saturated rings. The predicted octanol–water partition coefficient (Wildman–Crippen LogP) is 6.69. The maximum absolute atomic E-state index is 6.12. The van der Waals surface area contributed by atoms with Crippen molar-refractivity contribution in [2.75, 3.05) is 19.0 Å². The number of thioether (sulfide) groups is 1. The van der Waals surface area contributed by atoms with Crippen molar-refractivity contribution in [2.24, 2.45) is 0 Å². The van der Waals surface area contributed by atoms with Gasteiger partial charge in [-0.2, -0.15) is 0 Å². The summed E-state index contributed by atoms with van der Waals surface area (Å²) in [7, 11) is 0. The SMILES string of the molecule is CCOc1ccc(OCc2nnc(SCCOc3cc(C)ccc3C)n2-c2ccc(Cl)cc2)cc1. The molecule has 0 saturated carbocycles. The molecule has 4 rings (SSSR count). The first kappa shape index (κ1) is 24.9. The zero-order valence-electron chi connectivity index (χ0n) is 20.0. The van der Waals surface area contributed by atoms with Crippen LogP contribution in [0, 0.1) is 13.8 Å². The van der Waals surface area contributed by atoms with Gasteiger partial charge >= 0.3 is 0 Å². The van der Waals surface area contributed by atoms with Crippen molar-refractivity contribution in [3.05, 3.63) is 88.7 Å². The Balaban J connectivity index is 1.45. The highest BCUT2D eigenvalue weighted by atomic mass is 35.5. The molecule has 182 valence electrons. The number of nitrogens with zero attached hydrogens (tertiary/aromatic N) is 3. The summed E-state index contributed by atoms with van der Waals surface area (Å²) in [5.41, 5.74) is 3.22. The first-order valence-corrected chi connectivity index (χ1v) is 12.8. The van der Waals surface area contributed by atoms with Crippen molar-refractivity contribution in [1.82, 2.24) is 14.8 Å². The number of rotatable bonds is 11. The highest BCUT2D eigenvalue weighted by molar-refractivity contribution is 7.99. The van der Waals surface area contributed by atoms with Crippen LogP contribution in [0.3, 0.4) is 0 Å². The van der Waals surface area contributed by atoms with E-state index in [1.54, 1.807) is 11.8 Å². The van der Waals surface area contributed by atoms with Gasteiger partial charge in [-0.3, -0.25) is 4.57 Å². The summed E-state index contributed by atoms with van der Waals surface area (Å²) in [6, 6.07) is 21.4. The minimum Gasteiger partial charge on any atom is -0.494 e. The molecule has 4 aromatic rings. The van der Waals surface area contributed by atoms with E-state index in [1.807, 2.05) is 60.0 Å². The van der Waals surface area contributed by atoms with Gasteiger partial charge < -0.3 is 14.2 Å². The summed E-state index contributed by atoms with van der Waals surface area (Å²) >= 11 is 7.70. The van der Waals surface area contributed by atoms with Gasteiger partial charge in [0, 0.05) is 16.5 Å². The maximum atomic E-state index is 6.12. The molecule has 0 atom stereocenters. The Morgan fingerprint density at radius 2 is 1.57 bits per heavy atom. The largest absolute Gasteiger partial charge is 0.494 e. The summed E-state index contributed by atoms with van der Waals surface area (Å²) < 4.78 is 19.5. The second-order valence-electron chi connectivity index (χ2n) is 7.87. The van der Waals surface area contributed by atoms with Crippen LogP contribution < -0.4 is 14.2 Å². The fraction of sp³-hybridized carbons (Fsp3) is 0.259. The Hall–Kier alpha value is -3.16. The third-order valence-electron chi connectivity index (χ3n) is 5.20. The van der Waals surface area contributed by atoms with Gasteiger partial charge in [-0.15, -0.1) is 10.2 Å². The Morgan fingerprint density at radius 3 is 2.29 bits per heavy atom. The minimum absolute atomic E-state index is 0.267. The number of aryl methyl sites for hydroxylation is 2. The number of hydrogen-bond acceptors (Lipinski definition) is 6. The third kappa shape index (κ3) is 6.71. The summed E-state index contributed by atoms with van der Waals surface area (Å²) in [6.45, 7) is 7.52. The molecule has 0 aliphatic rings. The average molecular weight is 510 g/mol. The van der Waals surface area contributed by atoms with Crippen molar-refractivity contribution in [3.8, 4) is 22.9 Å². The first-order valence-electron chi connectivity index (χ1n) is 11.4. The molecular formula is C27H28ClN3O3S. The Kier molecular flexibility index (Phi) is 8.55. The molecule has 0 aliphatic carbocycles. The highest BCUT2D eigenvalue weighted by Gasteiger charge is 2.15. The molecule has 0 unspecified atom stereocenters. The van der Waals surface area contributed by atoms with E-state index in [0.717, 1.165) is 39.4 Å². The van der Waals surface area contributed by atoms with Crippen LogP contribution in [0.4, 0.5) is 0 Å². The number of benzene rings is 3. The maximum Gasteiger partial charge on any atom is 0.196 e. The van der Waals surface area contributed by atoms with Crippen molar-refractivity contribution in [1.29, 1.82) is 0 Å². The zero-order valence-corrected chi connectivity index (χ0v) is 21.6. The third-order valence-corrected chi connectivity index (χ3v) is 6.35. The van der Waals surface area contributed by atoms with Crippen molar-refractivity contribution in [3.63, 3.8) is 0 Å². The van der Waals surface area contributed by atoms with Crippen LogP contribution >= 0.6 is 23.4 Å². The molecule has 6 nitrogen and oxygen atoms in total. The van der Waals surface area contributed by atoms with Gasteiger partial charge in [0.1, 0.15) is 23.9 Å². The standard InChI is InChI=1S/C27H28ClN3O3S/c1-4-32-23-11-13-24(14-12-23)34-18-26-29-30-27(31(26)22-9-7-21(28)8-10-22)35-16-15-33-25-17-19(2)5-6-20(25)3/h5-14,17H,4,15-16,18H2,1-3H3. The van der Waals surface area contributed by atoms with Crippen molar-refractivity contribution in [2.45, 2.75) is 32.5 Å². The van der Waals surface area contributed by atoms with Crippen LogP contribution in [-0.4, -0.2) is 33.7 Å². The van der Waals surface area contributed by atoms with E-state index in [1.165, 1.54) is 5.56 Å². The van der Waals surface area contributed by atoms with Crippen LogP contribution in [0.5, 0.6) is 17.2 Å². The molecule has 1 heterocycles. The van der Waals surface area contributed by atoms with Gasteiger partial charge in [0.15, 0.2) is 11.0 Å². The molecule has 0 radical (unpaired) electrons. The van der Waals surface area contributed by atoms with Gasteiger partial charge in [-0.05, 0) is 86.5 Å². The van der Waals surface area contributed by atoms with E-state index < -0.39 is 0 Å². The van der Waals surface area contributed by atoms with E-state index in [9.17, 15) is 0 Å². The van der Waals surface area contributed by atoms with E-state index in [2.05, 4.69) is 42.2 Å². The molecule has 1 aromatic heterocycles. The van der Waals surface area contributed by atoms with E-state index in [0.29, 0.717) is 24.1 Å². The lowest BCUT2D eigenvalue weighted by molar-refractivity contribution is 0.291. The molecule has 0 amide bonds. The molecule has 0 spiro atoms. The van der Waals surface area contributed by atoms with Crippen LogP contribution in [0.25, 0.3) is 5.69 Å². The normalized spacial score (nSPS) is 10.9. The Morgan fingerprint density at radius 1 is 0.857 bits per heavy atom. The lowest BCUT2D eigenvalue weighted by atomic mass is 10.1. The Labute approximate surface area is 215 Å². The molecular weight excluding hydrogens is 482 g/mol.